The lowest BCUT2D eigenvalue weighted by atomic mass is 10.2. The molecule has 0 bridgehead atoms. The van der Waals surface area contributed by atoms with Gasteiger partial charge in [-0.15, -0.1) is 0 Å². The summed E-state index contributed by atoms with van der Waals surface area (Å²) in [6, 6.07) is 18.3. The topological polar surface area (TPSA) is 68.6 Å². The summed E-state index contributed by atoms with van der Waals surface area (Å²) in [6.45, 7) is 2.29. The van der Waals surface area contributed by atoms with E-state index in [4.69, 9.17) is 19.5 Å². The van der Waals surface area contributed by atoms with Crippen molar-refractivity contribution in [3.8, 4) is 17.6 Å². The minimum Gasteiger partial charge on any atom is -0.489 e. The van der Waals surface area contributed by atoms with Gasteiger partial charge in [0.15, 0.2) is 0 Å². The number of carbonyl (C=O) groups is 1. The van der Waals surface area contributed by atoms with Gasteiger partial charge < -0.3 is 14.2 Å². The number of hydrogen-bond donors (Lipinski definition) is 0. The summed E-state index contributed by atoms with van der Waals surface area (Å²) in [7, 11) is 0. The van der Waals surface area contributed by atoms with Crippen LogP contribution in [0.3, 0.4) is 0 Å². The highest BCUT2D eigenvalue weighted by molar-refractivity contribution is 5.78. The van der Waals surface area contributed by atoms with E-state index in [-0.39, 0.29) is 6.61 Å². The summed E-state index contributed by atoms with van der Waals surface area (Å²) in [5.74, 6) is 0.257. The molecule has 118 valence electrons. The monoisotopic (exact) mass is 311 g/mol. The smallest absolute Gasteiger partial charge is 0.362 e. The summed E-state index contributed by atoms with van der Waals surface area (Å²) in [6.07, 6.45) is -1.29. The van der Waals surface area contributed by atoms with Gasteiger partial charge in [0.1, 0.15) is 24.2 Å². The molecule has 0 saturated carbocycles. The first-order chi connectivity index (χ1) is 11.2. The molecule has 2 rings (SSSR count). The van der Waals surface area contributed by atoms with Crippen molar-refractivity contribution in [2.24, 2.45) is 0 Å². The molecule has 0 aliphatic carbocycles. The van der Waals surface area contributed by atoms with Crippen LogP contribution in [0.1, 0.15) is 12.5 Å². The fraction of sp³-hybridized carbons (Fsp3) is 0.222. The van der Waals surface area contributed by atoms with Crippen LogP contribution in [-0.4, -0.2) is 18.7 Å². The molecule has 0 saturated heterocycles. The highest BCUT2D eigenvalue weighted by atomic mass is 16.6. The van der Waals surface area contributed by atoms with Crippen molar-refractivity contribution in [3.05, 3.63) is 60.2 Å². The summed E-state index contributed by atoms with van der Waals surface area (Å²) in [5.41, 5.74) is 1.04. The number of hydrogen-bond acceptors (Lipinski definition) is 5. The summed E-state index contributed by atoms with van der Waals surface area (Å²) < 4.78 is 15.8. The normalized spacial score (nSPS) is 11.1. The SMILES string of the molecule is CCOC(=O)C(C#N)Oc1cccc(OCc2ccccc2)c1. The van der Waals surface area contributed by atoms with E-state index in [0.29, 0.717) is 18.1 Å². The van der Waals surface area contributed by atoms with Crippen LogP contribution in [0, 0.1) is 11.3 Å². The zero-order valence-corrected chi connectivity index (χ0v) is 12.8. The Morgan fingerprint density at radius 1 is 1.13 bits per heavy atom. The number of carbonyl (C=O) groups excluding carboxylic acids is 1. The molecule has 1 unspecified atom stereocenters. The van der Waals surface area contributed by atoms with Gasteiger partial charge in [0.2, 0.25) is 0 Å². The Labute approximate surface area is 135 Å². The lowest BCUT2D eigenvalue weighted by molar-refractivity contribution is -0.148. The Morgan fingerprint density at radius 2 is 1.87 bits per heavy atom. The van der Waals surface area contributed by atoms with E-state index in [0.717, 1.165) is 5.56 Å². The number of nitrogens with zero attached hydrogens (tertiary/aromatic N) is 1. The van der Waals surface area contributed by atoms with Crippen LogP contribution in [0.25, 0.3) is 0 Å². The van der Waals surface area contributed by atoms with Gasteiger partial charge in [0.25, 0.3) is 6.10 Å². The molecule has 5 heteroatoms. The molecule has 23 heavy (non-hydrogen) atoms. The van der Waals surface area contributed by atoms with Crippen LogP contribution < -0.4 is 9.47 Å². The summed E-state index contributed by atoms with van der Waals surface area (Å²) in [4.78, 5) is 11.6. The Hall–Kier alpha value is -3.00. The maximum Gasteiger partial charge on any atom is 0.362 e. The Bertz CT molecular complexity index is 679. The molecular formula is C18H17NO4. The third-order valence-corrected chi connectivity index (χ3v) is 2.93. The van der Waals surface area contributed by atoms with E-state index in [1.807, 2.05) is 30.3 Å². The van der Waals surface area contributed by atoms with Crippen LogP contribution in [0.4, 0.5) is 0 Å². The average Bonchev–Trinajstić information content (AvgIpc) is 2.59. The Balaban J connectivity index is 1.99. The minimum atomic E-state index is -1.29. The third kappa shape index (κ3) is 5.04. The third-order valence-electron chi connectivity index (χ3n) is 2.93. The first-order valence-corrected chi connectivity index (χ1v) is 7.22. The fourth-order valence-electron chi connectivity index (χ4n) is 1.86. The van der Waals surface area contributed by atoms with Crippen LogP contribution in [-0.2, 0) is 16.1 Å². The van der Waals surface area contributed by atoms with Gasteiger partial charge in [0, 0.05) is 6.07 Å². The van der Waals surface area contributed by atoms with Gasteiger partial charge in [-0.3, -0.25) is 0 Å². The second-order valence-corrected chi connectivity index (χ2v) is 4.63. The maximum absolute atomic E-state index is 11.6. The van der Waals surface area contributed by atoms with Crippen molar-refractivity contribution in [1.29, 1.82) is 5.26 Å². The van der Waals surface area contributed by atoms with E-state index >= 15 is 0 Å². The number of benzene rings is 2. The molecule has 0 spiro atoms. The lowest BCUT2D eigenvalue weighted by Gasteiger charge is -2.12. The van der Waals surface area contributed by atoms with Crippen LogP contribution in [0.15, 0.2) is 54.6 Å². The van der Waals surface area contributed by atoms with E-state index in [1.165, 1.54) is 0 Å². The molecular weight excluding hydrogens is 294 g/mol. The predicted octanol–water partition coefficient (Wildman–Crippen LogP) is 3.10. The molecule has 1 atom stereocenters. The van der Waals surface area contributed by atoms with Gasteiger partial charge in [-0.05, 0) is 24.6 Å². The number of nitriles is 1. The first kappa shape index (κ1) is 16.4. The largest absolute Gasteiger partial charge is 0.489 e. The van der Waals surface area contributed by atoms with E-state index in [1.54, 1.807) is 37.3 Å². The zero-order valence-electron chi connectivity index (χ0n) is 12.8. The molecule has 2 aromatic carbocycles. The average molecular weight is 311 g/mol. The molecule has 0 aliphatic rings. The first-order valence-electron chi connectivity index (χ1n) is 7.22. The zero-order chi connectivity index (χ0) is 16.5. The molecule has 5 nitrogen and oxygen atoms in total. The molecule has 0 fully saturated rings. The number of rotatable bonds is 7. The molecule has 0 amide bonds. The molecule has 0 aliphatic heterocycles. The molecule has 0 N–H and O–H groups in total. The van der Waals surface area contributed by atoms with Crippen LogP contribution in [0.5, 0.6) is 11.5 Å². The predicted molar refractivity (Wildman–Crippen MR) is 83.9 cm³/mol. The maximum atomic E-state index is 11.6. The van der Waals surface area contributed by atoms with Crippen molar-refractivity contribution < 1.29 is 19.0 Å². The second-order valence-electron chi connectivity index (χ2n) is 4.63. The van der Waals surface area contributed by atoms with Gasteiger partial charge in [-0.1, -0.05) is 36.4 Å². The Morgan fingerprint density at radius 3 is 2.57 bits per heavy atom. The minimum absolute atomic E-state index is 0.195. The van der Waals surface area contributed by atoms with E-state index < -0.39 is 12.1 Å². The molecule has 0 heterocycles. The van der Waals surface area contributed by atoms with Gasteiger partial charge in [-0.25, -0.2) is 4.79 Å². The van der Waals surface area contributed by atoms with E-state index in [2.05, 4.69) is 0 Å². The van der Waals surface area contributed by atoms with Gasteiger partial charge in [-0.2, -0.15) is 5.26 Å². The molecule has 0 radical (unpaired) electrons. The number of ether oxygens (including phenoxy) is 3. The second kappa shape index (κ2) is 8.44. The lowest BCUT2D eigenvalue weighted by Crippen LogP contribution is -2.27. The van der Waals surface area contributed by atoms with Crippen molar-refractivity contribution in [3.63, 3.8) is 0 Å². The molecule has 0 aromatic heterocycles. The number of esters is 1. The molecule has 2 aromatic rings. The van der Waals surface area contributed by atoms with Crippen molar-refractivity contribution in [2.45, 2.75) is 19.6 Å². The highest BCUT2D eigenvalue weighted by Gasteiger charge is 2.21. The van der Waals surface area contributed by atoms with Crippen LogP contribution >= 0.6 is 0 Å². The Kier molecular flexibility index (Phi) is 6.01. The van der Waals surface area contributed by atoms with Crippen LogP contribution in [0.2, 0.25) is 0 Å². The van der Waals surface area contributed by atoms with Crippen molar-refractivity contribution in [1.82, 2.24) is 0 Å². The van der Waals surface area contributed by atoms with Crippen molar-refractivity contribution in [2.75, 3.05) is 6.61 Å². The van der Waals surface area contributed by atoms with Crippen molar-refractivity contribution >= 4 is 5.97 Å². The standard InChI is InChI=1S/C18H17NO4/c1-2-21-18(20)17(12-19)23-16-10-6-9-15(11-16)22-13-14-7-4-3-5-8-14/h3-11,17H,2,13H2,1H3. The quantitative estimate of drug-likeness (QED) is 0.735. The highest BCUT2D eigenvalue weighted by Crippen LogP contribution is 2.21. The van der Waals surface area contributed by atoms with Gasteiger partial charge in [0.05, 0.1) is 6.61 Å². The summed E-state index contributed by atoms with van der Waals surface area (Å²) >= 11 is 0. The summed E-state index contributed by atoms with van der Waals surface area (Å²) in [5, 5.41) is 9.00. The van der Waals surface area contributed by atoms with Gasteiger partial charge >= 0.3 is 5.97 Å². The van der Waals surface area contributed by atoms with E-state index in [9.17, 15) is 4.79 Å². The fourth-order valence-corrected chi connectivity index (χ4v) is 1.86.